The molecule has 0 radical (unpaired) electrons. The summed E-state index contributed by atoms with van der Waals surface area (Å²) in [6.07, 6.45) is -1.92. The van der Waals surface area contributed by atoms with Crippen LogP contribution in [0.1, 0.15) is 25.7 Å². The molecule has 1 rings (SSSR count). The second kappa shape index (κ2) is 5.68. The van der Waals surface area contributed by atoms with Crippen molar-refractivity contribution in [2.45, 2.75) is 37.4 Å². The van der Waals surface area contributed by atoms with Gasteiger partial charge in [-0.15, -0.1) is 0 Å². The molecule has 1 aliphatic rings. The smallest absolute Gasteiger partial charge is 0.411 e. The lowest BCUT2D eigenvalue weighted by atomic mass is 9.77. The summed E-state index contributed by atoms with van der Waals surface area (Å²) in [5, 5.41) is 11.8. The van der Waals surface area contributed by atoms with Crippen LogP contribution in [0.4, 0.5) is 13.2 Å². The molecule has 1 aliphatic carbocycles. The maximum Gasteiger partial charge on any atom is 0.411 e. The molecule has 0 aromatic rings. The fraction of sp³-hybridized carbons (Fsp3) is 0.900. The molecule has 0 aromatic heterocycles. The van der Waals surface area contributed by atoms with Crippen LogP contribution in [0.25, 0.3) is 0 Å². The number of carbonyl (C=O) groups is 1. The Bertz CT molecular complexity index is 264. The predicted molar refractivity (Wildman–Crippen MR) is 53.7 cm³/mol. The van der Waals surface area contributed by atoms with Crippen molar-refractivity contribution in [2.75, 3.05) is 19.8 Å². The third-order valence-electron chi connectivity index (χ3n) is 2.81. The minimum atomic E-state index is -4.30. The minimum Gasteiger partial charge on any atom is -0.480 e. The molecule has 0 aromatic carbocycles. The first-order valence-electron chi connectivity index (χ1n) is 5.49. The zero-order chi connectivity index (χ0) is 12.9. The summed E-state index contributed by atoms with van der Waals surface area (Å²) in [6.45, 7) is -0.927. The summed E-state index contributed by atoms with van der Waals surface area (Å²) in [7, 11) is 0. The first-order chi connectivity index (χ1) is 7.86. The summed E-state index contributed by atoms with van der Waals surface area (Å²) >= 11 is 0. The van der Waals surface area contributed by atoms with E-state index in [9.17, 15) is 18.0 Å². The van der Waals surface area contributed by atoms with E-state index in [1.807, 2.05) is 0 Å². The van der Waals surface area contributed by atoms with Gasteiger partial charge in [-0.1, -0.05) is 0 Å². The van der Waals surface area contributed by atoms with E-state index in [0.717, 1.165) is 6.42 Å². The van der Waals surface area contributed by atoms with Gasteiger partial charge in [0.05, 0.1) is 0 Å². The van der Waals surface area contributed by atoms with E-state index in [4.69, 9.17) is 5.11 Å². The summed E-state index contributed by atoms with van der Waals surface area (Å²) in [5.41, 5.74) is -0.857. The number of rotatable bonds is 7. The topological polar surface area (TPSA) is 58.6 Å². The van der Waals surface area contributed by atoms with Crippen LogP contribution in [0.15, 0.2) is 0 Å². The van der Waals surface area contributed by atoms with Gasteiger partial charge in [-0.2, -0.15) is 13.2 Å². The number of aliphatic carboxylic acids is 1. The standard InChI is InChI=1S/C10H16F3NO3/c11-10(12,13)7-17-6-2-5-14-9(8(15)16)3-1-4-9/h14H,1-7H2,(H,15,16). The Hall–Kier alpha value is -0.820. The van der Waals surface area contributed by atoms with E-state index < -0.39 is 24.3 Å². The fourth-order valence-corrected chi connectivity index (χ4v) is 1.69. The van der Waals surface area contributed by atoms with Gasteiger partial charge in [0.25, 0.3) is 0 Å². The maximum absolute atomic E-state index is 11.7. The van der Waals surface area contributed by atoms with Gasteiger partial charge in [-0.05, 0) is 32.2 Å². The number of halogens is 3. The maximum atomic E-state index is 11.7. The molecule has 1 saturated carbocycles. The van der Waals surface area contributed by atoms with Crippen molar-refractivity contribution in [1.29, 1.82) is 0 Å². The molecule has 0 saturated heterocycles. The first kappa shape index (κ1) is 14.2. The van der Waals surface area contributed by atoms with E-state index in [2.05, 4.69) is 10.1 Å². The van der Waals surface area contributed by atoms with E-state index in [0.29, 0.717) is 25.8 Å². The van der Waals surface area contributed by atoms with Crippen LogP contribution in [-0.2, 0) is 9.53 Å². The van der Waals surface area contributed by atoms with E-state index >= 15 is 0 Å². The van der Waals surface area contributed by atoms with Gasteiger partial charge in [-0.25, -0.2) is 0 Å². The molecule has 0 spiro atoms. The summed E-state index contributed by atoms with van der Waals surface area (Å²) < 4.78 is 39.5. The lowest BCUT2D eigenvalue weighted by molar-refractivity contribution is -0.174. The number of carboxylic acid groups (broad SMARTS) is 1. The third-order valence-corrected chi connectivity index (χ3v) is 2.81. The second-order valence-electron chi connectivity index (χ2n) is 4.19. The van der Waals surface area contributed by atoms with Crippen molar-refractivity contribution >= 4 is 5.97 Å². The van der Waals surface area contributed by atoms with Gasteiger partial charge in [-0.3, -0.25) is 4.79 Å². The Kier molecular flexibility index (Phi) is 4.76. The molecule has 0 atom stereocenters. The number of ether oxygens (including phenoxy) is 1. The molecule has 2 N–H and O–H groups in total. The zero-order valence-corrected chi connectivity index (χ0v) is 9.35. The lowest BCUT2D eigenvalue weighted by Crippen LogP contribution is -2.57. The van der Waals surface area contributed by atoms with Crippen LogP contribution in [-0.4, -0.2) is 42.5 Å². The predicted octanol–water partition coefficient (Wildman–Crippen LogP) is 1.55. The van der Waals surface area contributed by atoms with E-state index in [-0.39, 0.29) is 6.61 Å². The average molecular weight is 255 g/mol. The number of hydrogen-bond donors (Lipinski definition) is 2. The molecule has 1 fully saturated rings. The quantitative estimate of drug-likeness (QED) is 0.678. The van der Waals surface area contributed by atoms with Gasteiger partial charge in [0.2, 0.25) is 0 Å². The molecule has 7 heteroatoms. The Morgan fingerprint density at radius 2 is 2.06 bits per heavy atom. The van der Waals surface area contributed by atoms with Crippen molar-refractivity contribution in [3.63, 3.8) is 0 Å². The highest BCUT2D eigenvalue weighted by atomic mass is 19.4. The fourth-order valence-electron chi connectivity index (χ4n) is 1.69. The third kappa shape index (κ3) is 4.51. The van der Waals surface area contributed by atoms with Gasteiger partial charge >= 0.3 is 12.1 Å². The Morgan fingerprint density at radius 1 is 1.41 bits per heavy atom. The number of nitrogens with one attached hydrogen (secondary N) is 1. The van der Waals surface area contributed by atoms with E-state index in [1.54, 1.807) is 0 Å². The minimum absolute atomic E-state index is 0.0256. The normalized spacial score (nSPS) is 18.8. The Balaban J connectivity index is 2.06. The average Bonchev–Trinajstić information content (AvgIpc) is 2.11. The monoisotopic (exact) mass is 255 g/mol. The largest absolute Gasteiger partial charge is 0.480 e. The van der Waals surface area contributed by atoms with Crippen molar-refractivity contribution in [1.82, 2.24) is 5.32 Å². The zero-order valence-electron chi connectivity index (χ0n) is 9.35. The molecule has 0 heterocycles. The Morgan fingerprint density at radius 3 is 2.47 bits per heavy atom. The van der Waals surface area contributed by atoms with E-state index in [1.165, 1.54) is 0 Å². The second-order valence-corrected chi connectivity index (χ2v) is 4.19. The van der Waals surface area contributed by atoms with Gasteiger partial charge in [0, 0.05) is 6.61 Å². The van der Waals surface area contributed by atoms with Crippen molar-refractivity contribution in [3.05, 3.63) is 0 Å². The van der Waals surface area contributed by atoms with Crippen LogP contribution >= 0.6 is 0 Å². The molecule has 17 heavy (non-hydrogen) atoms. The molecule has 0 unspecified atom stereocenters. The van der Waals surface area contributed by atoms with Gasteiger partial charge in [0.1, 0.15) is 12.1 Å². The number of carboxylic acids is 1. The molecule has 4 nitrogen and oxygen atoms in total. The molecular formula is C10H16F3NO3. The van der Waals surface area contributed by atoms with Crippen LogP contribution in [0.2, 0.25) is 0 Å². The highest BCUT2D eigenvalue weighted by molar-refractivity contribution is 5.79. The molecular weight excluding hydrogens is 239 g/mol. The molecule has 0 bridgehead atoms. The van der Waals surface area contributed by atoms with Crippen molar-refractivity contribution in [3.8, 4) is 0 Å². The van der Waals surface area contributed by atoms with Crippen LogP contribution in [0, 0.1) is 0 Å². The summed E-state index contributed by atoms with van der Waals surface area (Å²) in [5.74, 6) is -0.889. The van der Waals surface area contributed by atoms with Gasteiger partial charge < -0.3 is 15.2 Å². The first-order valence-corrected chi connectivity index (χ1v) is 5.49. The highest BCUT2D eigenvalue weighted by Gasteiger charge is 2.43. The lowest BCUT2D eigenvalue weighted by Gasteiger charge is -2.38. The summed E-state index contributed by atoms with van der Waals surface area (Å²) in [6, 6.07) is 0. The van der Waals surface area contributed by atoms with Gasteiger partial charge in [0.15, 0.2) is 0 Å². The number of alkyl halides is 3. The number of hydrogen-bond acceptors (Lipinski definition) is 3. The Labute approximate surface area is 97.1 Å². The van der Waals surface area contributed by atoms with Crippen molar-refractivity contribution < 1.29 is 27.8 Å². The molecule has 0 amide bonds. The summed E-state index contributed by atoms with van der Waals surface area (Å²) in [4.78, 5) is 10.9. The molecule has 0 aliphatic heterocycles. The van der Waals surface area contributed by atoms with Crippen LogP contribution < -0.4 is 5.32 Å². The van der Waals surface area contributed by atoms with Crippen LogP contribution in [0.3, 0.4) is 0 Å². The highest BCUT2D eigenvalue weighted by Crippen LogP contribution is 2.31. The van der Waals surface area contributed by atoms with Crippen molar-refractivity contribution in [2.24, 2.45) is 0 Å². The molecule has 100 valence electrons. The SMILES string of the molecule is O=C(O)C1(NCCCOCC(F)(F)F)CCC1. The van der Waals surface area contributed by atoms with Crippen LogP contribution in [0.5, 0.6) is 0 Å².